The van der Waals surface area contributed by atoms with E-state index in [0.29, 0.717) is 0 Å². The molecule has 1 nitrogen and oxygen atoms in total. The predicted octanol–water partition coefficient (Wildman–Crippen LogP) is 5.30. The molecular weight excluding hydrogens is 244 g/mol. The molecule has 0 saturated heterocycles. The molecule has 1 heteroatoms. The number of hydrogen-bond donors (Lipinski definition) is 1. The van der Waals surface area contributed by atoms with Crippen LogP contribution >= 0.6 is 0 Å². The van der Waals surface area contributed by atoms with E-state index in [9.17, 15) is 0 Å². The molecule has 0 aliphatic heterocycles. The van der Waals surface area contributed by atoms with Crippen molar-refractivity contribution in [3.8, 4) is 11.1 Å². The molecule has 0 aliphatic rings. The molecular formula is C19H18O. The Morgan fingerprint density at radius 2 is 1.85 bits per heavy atom. The van der Waals surface area contributed by atoms with Gasteiger partial charge in [0, 0.05) is 0 Å². The van der Waals surface area contributed by atoms with E-state index >= 15 is 0 Å². The average molecular weight is 262 g/mol. The van der Waals surface area contributed by atoms with Crippen LogP contribution in [0.1, 0.15) is 11.1 Å². The van der Waals surface area contributed by atoms with Crippen molar-refractivity contribution in [2.45, 2.75) is 6.92 Å². The van der Waals surface area contributed by atoms with Crippen LogP contribution in [0, 0.1) is 6.92 Å². The maximum absolute atomic E-state index is 8.61. The molecule has 0 fully saturated rings. The van der Waals surface area contributed by atoms with Crippen LogP contribution in [-0.4, -0.2) is 5.11 Å². The molecule has 0 heterocycles. The quantitative estimate of drug-likeness (QED) is 0.585. The summed E-state index contributed by atoms with van der Waals surface area (Å²) in [7, 11) is 0. The van der Waals surface area contributed by atoms with Gasteiger partial charge in [-0.25, -0.2) is 0 Å². The van der Waals surface area contributed by atoms with Crippen LogP contribution in [0.25, 0.3) is 16.7 Å². The van der Waals surface area contributed by atoms with Gasteiger partial charge in [0.25, 0.3) is 0 Å². The van der Waals surface area contributed by atoms with E-state index in [2.05, 4.69) is 43.8 Å². The lowest BCUT2D eigenvalue weighted by Gasteiger charge is -2.08. The highest BCUT2D eigenvalue weighted by Crippen LogP contribution is 2.26. The summed E-state index contributed by atoms with van der Waals surface area (Å²) in [6.07, 6.45) is 6.22. The monoisotopic (exact) mass is 262 g/mol. The second-order valence-corrected chi connectivity index (χ2v) is 4.62. The van der Waals surface area contributed by atoms with Crippen LogP contribution in [0.3, 0.4) is 0 Å². The molecule has 100 valence electrons. The third kappa shape index (κ3) is 3.27. The molecule has 0 aromatic heterocycles. The Morgan fingerprint density at radius 3 is 2.60 bits per heavy atom. The highest BCUT2D eigenvalue weighted by molar-refractivity contribution is 5.77. The van der Waals surface area contributed by atoms with Gasteiger partial charge in [0.15, 0.2) is 0 Å². The number of aliphatic hydroxyl groups is 1. The number of rotatable bonds is 4. The zero-order valence-corrected chi connectivity index (χ0v) is 11.6. The van der Waals surface area contributed by atoms with Gasteiger partial charge < -0.3 is 5.11 Å². The molecule has 0 spiro atoms. The van der Waals surface area contributed by atoms with Crippen molar-refractivity contribution in [1.29, 1.82) is 0 Å². The number of benzene rings is 2. The summed E-state index contributed by atoms with van der Waals surface area (Å²) < 4.78 is 0. The minimum atomic E-state index is 0.915. The molecule has 0 amide bonds. The van der Waals surface area contributed by atoms with Gasteiger partial charge in [-0.15, -0.1) is 0 Å². The molecule has 0 aliphatic carbocycles. The van der Waals surface area contributed by atoms with Crippen molar-refractivity contribution in [3.63, 3.8) is 0 Å². The Kier molecular flexibility index (Phi) is 4.56. The third-order valence-electron chi connectivity index (χ3n) is 3.18. The van der Waals surface area contributed by atoms with Crippen LogP contribution in [0.5, 0.6) is 0 Å². The van der Waals surface area contributed by atoms with E-state index < -0.39 is 0 Å². The van der Waals surface area contributed by atoms with Crippen molar-refractivity contribution in [2.24, 2.45) is 0 Å². The Balaban J connectivity index is 2.34. The van der Waals surface area contributed by atoms with E-state index in [0.717, 1.165) is 17.4 Å². The van der Waals surface area contributed by atoms with Crippen molar-refractivity contribution < 1.29 is 5.11 Å². The fourth-order valence-corrected chi connectivity index (χ4v) is 2.10. The summed E-state index contributed by atoms with van der Waals surface area (Å²) >= 11 is 0. The number of allylic oxidation sites excluding steroid dienone is 4. The lowest BCUT2D eigenvalue weighted by Crippen LogP contribution is -1.85. The van der Waals surface area contributed by atoms with Gasteiger partial charge in [0.05, 0.1) is 6.26 Å². The fourth-order valence-electron chi connectivity index (χ4n) is 2.10. The highest BCUT2D eigenvalue weighted by atomic mass is 16.2. The zero-order valence-electron chi connectivity index (χ0n) is 11.6. The molecule has 2 aromatic carbocycles. The van der Waals surface area contributed by atoms with E-state index in [1.807, 2.05) is 24.3 Å². The van der Waals surface area contributed by atoms with Crippen molar-refractivity contribution in [1.82, 2.24) is 0 Å². The van der Waals surface area contributed by atoms with Gasteiger partial charge in [0.2, 0.25) is 0 Å². The summed E-state index contributed by atoms with van der Waals surface area (Å²) in [5, 5.41) is 8.61. The number of aryl methyl sites for hydroxylation is 1. The molecule has 0 saturated carbocycles. The summed E-state index contributed by atoms with van der Waals surface area (Å²) in [5.74, 6) is 0. The lowest BCUT2D eigenvalue weighted by atomic mass is 9.97. The SMILES string of the molecule is C=C(/C=C\C=C/O)c1cccc(-c2ccccc2C)c1. The Morgan fingerprint density at radius 1 is 1.05 bits per heavy atom. The Labute approximate surface area is 120 Å². The maximum Gasteiger partial charge on any atom is 0.0791 e. The second-order valence-electron chi connectivity index (χ2n) is 4.62. The van der Waals surface area contributed by atoms with Crippen LogP contribution in [0.4, 0.5) is 0 Å². The van der Waals surface area contributed by atoms with Crippen LogP contribution in [0.15, 0.2) is 79.6 Å². The Bertz CT molecular complexity index is 663. The molecule has 0 radical (unpaired) electrons. The maximum atomic E-state index is 8.61. The largest absolute Gasteiger partial charge is 0.516 e. The fraction of sp³-hybridized carbons (Fsp3) is 0.0526. The molecule has 0 unspecified atom stereocenters. The van der Waals surface area contributed by atoms with E-state index in [4.69, 9.17) is 5.11 Å². The van der Waals surface area contributed by atoms with Crippen LogP contribution in [0.2, 0.25) is 0 Å². The van der Waals surface area contributed by atoms with Crippen LogP contribution in [-0.2, 0) is 0 Å². The summed E-state index contributed by atoms with van der Waals surface area (Å²) in [5.41, 5.74) is 5.68. The van der Waals surface area contributed by atoms with Crippen molar-refractivity contribution >= 4 is 5.57 Å². The first-order valence-corrected chi connectivity index (χ1v) is 6.55. The minimum absolute atomic E-state index is 0.915. The highest BCUT2D eigenvalue weighted by Gasteiger charge is 2.02. The predicted molar refractivity (Wildman–Crippen MR) is 86.6 cm³/mol. The van der Waals surface area contributed by atoms with Crippen LogP contribution < -0.4 is 0 Å². The van der Waals surface area contributed by atoms with Crippen molar-refractivity contribution in [2.75, 3.05) is 0 Å². The first-order valence-electron chi connectivity index (χ1n) is 6.55. The van der Waals surface area contributed by atoms with E-state index in [-0.39, 0.29) is 0 Å². The zero-order chi connectivity index (χ0) is 14.4. The molecule has 1 N–H and O–H groups in total. The van der Waals surface area contributed by atoms with E-state index in [1.165, 1.54) is 16.7 Å². The van der Waals surface area contributed by atoms with Gasteiger partial charge in [-0.2, -0.15) is 0 Å². The van der Waals surface area contributed by atoms with Gasteiger partial charge in [-0.05, 0) is 46.9 Å². The Hall–Kier alpha value is -2.54. The summed E-state index contributed by atoms with van der Waals surface area (Å²) in [4.78, 5) is 0. The topological polar surface area (TPSA) is 20.2 Å². The number of hydrogen-bond acceptors (Lipinski definition) is 1. The lowest BCUT2D eigenvalue weighted by molar-refractivity contribution is 0.474. The normalized spacial score (nSPS) is 11.2. The third-order valence-corrected chi connectivity index (χ3v) is 3.18. The minimum Gasteiger partial charge on any atom is -0.516 e. The van der Waals surface area contributed by atoms with Crippen molar-refractivity contribution in [3.05, 3.63) is 90.7 Å². The van der Waals surface area contributed by atoms with E-state index in [1.54, 1.807) is 12.2 Å². The molecule has 20 heavy (non-hydrogen) atoms. The first kappa shape index (κ1) is 13.9. The average Bonchev–Trinajstić information content (AvgIpc) is 2.48. The van der Waals surface area contributed by atoms with Gasteiger partial charge in [-0.1, -0.05) is 61.2 Å². The molecule has 2 rings (SSSR count). The standard InChI is InChI=1S/C19H18O/c1-15(8-5-6-13-20)17-10-7-11-18(14-17)19-12-4-3-9-16(19)2/h3-14,20H,1H2,2H3/b8-5-,13-6-. The first-order chi connectivity index (χ1) is 9.72. The molecule has 0 atom stereocenters. The van der Waals surface area contributed by atoms with Gasteiger partial charge >= 0.3 is 0 Å². The number of aliphatic hydroxyl groups excluding tert-OH is 1. The molecule has 2 aromatic rings. The summed E-state index contributed by atoms with van der Waals surface area (Å²) in [6.45, 7) is 6.17. The van der Waals surface area contributed by atoms with Gasteiger partial charge in [0.1, 0.15) is 0 Å². The molecule has 0 bridgehead atoms. The second kappa shape index (κ2) is 6.58. The summed E-state index contributed by atoms with van der Waals surface area (Å²) in [6, 6.07) is 16.7. The van der Waals surface area contributed by atoms with Gasteiger partial charge in [-0.3, -0.25) is 0 Å². The smallest absolute Gasteiger partial charge is 0.0791 e.